The number of benzene rings is 2. The van der Waals surface area contributed by atoms with Gasteiger partial charge in [0.2, 0.25) is 5.89 Å². The van der Waals surface area contributed by atoms with Crippen LogP contribution in [0.2, 0.25) is 0 Å². The summed E-state index contributed by atoms with van der Waals surface area (Å²) < 4.78 is 14.2. The first-order valence-corrected chi connectivity index (χ1v) is 11.0. The molecular formula is C25H20N6O3. The number of hydrogen-bond acceptors (Lipinski definition) is 7. The van der Waals surface area contributed by atoms with Crippen LogP contribution in [0.25, 0.3) is 21.9 Å². The highest BCUT2D eigenvalue weighted by molar-refractivity contribution is 6.06. The molecule has 3 heterocycles. The van der Waals surface area contributed by atoms with E-state index in [1.165, 1.54) is 10.9 Å². The lowest BCUT2D eigenvalue weighted by atomic mass is 10.1. The summed E-state index contributed by atoms with van der Waals surface area (Å²) in [5.74, 6) is 2.14. The van der Waals surface area contributed by atoms with Crippen molar-refractivity contribution in [2.75, 3.05) is 7.11 Å². The molecule has 0 radical (unpaired) electrons. The van der Waals surface area contributed by atoms with Crippen LogP contribution in [0.15, 0.2) is 58.1 Å². The second kappa shape index (κ2) is 7.85. The Labute approximate surface area is 193 Å². The SMILES string of the molecule is COc1ccc2c(c1)c1ncn(Cc3nc(C4CC4)no3)c(=O)c1n2Cc1cccc(C#N)c1. The molecule has 1 aliphatic carbocycles. The van der Waals surface area contributed by atoms with Crippen LogP contribution in [-0.4, -0.2) is 31.4 Å². The predicted octanol–water partition coefficient (Wildman–Crippen LogP) is 3.59. The van der Waals surface area contributed by atoms with Crippen molar-refractivity contribution in [2.24, 2.45) is 0 Å². The molecule has 1 fully saturated rings. The molecule has 2 aromatic carbocycles. The Morgan fingerprint density at radius 2 is 2.09 bits per heavy atom. The van der Waals surface area contributed by atoms with E-state index in [4.69, 9.17) is 9.26 Å². The van der Waals surface area contributed by atoms with E-state index in [9.17, 15) is 10.1 Å². The van der Waals surface area contributed by atoms with Gasteiger partial charge in [0.05, 0.1) is 30.6 Å². The zero-order valence-corrected chi connectivity index (χ0v) is 18.4. The first-order valence-electron chi connectivity index (χ1n) is 11.0. The van der Waals surface area contributed by atoms with Crippen LogP contribution in [0.5, 0.6) is 5.75 Å². The molecule has 0 aliphatic heterocycles. The Balaban J connectivity index is 1.51. The Kier molecular flexibility index (Phi) is 4.66. The number of methoxy groups -OCH3 is 1. The van der Waals surface area contributed by atoms with Crippen molar-refractivity contribution < 1.29 is 9.26 Å². The average molecular weight is 452 g/mol. The zero-order chi connectivity index (χ0) is 23.2. The third kappa shape index (κ3) is 3.40. The molecule has 1 aliphatic rings. The highest BCUT2D eigenvalue weighted by atomic mass is 16.5. The molecule has 0 spiro atoms. The maximum Gasteiger partial charge on any atom is 0.278 e. The second-order valence-electron chi connectivity index (χ2n) is 8.48. The van der Waals surface area contributed by atoms with E-state index in [0.717, 1.165) is 29.3 Å². The van der Waals surface area contributed by atoms with Crippen LogP contribution in [0.1, 0.15) is 41.6 Å². The van der Waals surface area contributed by atoms with Crippen LogP contribution in [0, 0.1) is 11.3 Å². The van der Waals surface area contributed by atoms with Gasteiger partial charge in [-0.15, -0.1) is 0 Å². The summed E-state index contributed by atoms with van der Waals surface area (Å²) in [4.78, 5) is 22.8. The van der Waals surface area contributed by atoms with Gasteiger partial charge in [-0.2, -0.15) is 10.2 Å². The number of rotatable bonds is 6. The van der Waals surface area contributed by atoms with Gasteiger partial charge in [0.25, 0.3) is 5.56 Å². The fraction of sp³-hybridized carbons (Fsp3) is 0.240. The quantitative estimate of drug-likeness (QED) is 0.387. The highest BCUT2D eigenvalue weighted by Gasteiger charge is 2.29. The first kappa shape index (κ1) is 20.2. The van der Waals surface area contributed by atoms with Gasteiger partial charge >= 0.3 is 0 Å². The van der Waals surface area contributed by atoms with Crippen LogP contribution in [0.3, 0.4) is 0 Å². The summed E-state index contributed by atoms with van der Waals surface area (Å²) in [6.45, 7) is 0.561. The Bertz CT molecular complexity index is 1650. The molecule has 0 N–H and O–H groups in total. The third-order valence-electron chi connectivity index (χ3n) is 6.16. The van der Waals surface area contributed by atoms with Gasteiger partial charge in [-0.25, -0.2) is 4.98 Å². The standard InChI is InChI=1S/C25H20N6O3/c1-33-18-7-8-20-19(10-18)22-23(31(20)12-16-4-2-3-15(9-16)11-26)25(32)30(14-27-22)13-21-28-24(29-34-21)17-5-6-17/h2-4,7-10,14,17H,5-6,12-13H2,1H3. The molecule has 5 aromatic rings. The molecule has 3 aromatic heterocycles. The molecule has 34 heavy (non-hydrogen) atoms. The van der Waals surface area contributed by atoms with Gasteiger partial charge in [-0.1, -0.05) is 17.3 Å². The minimum Gasteiger partial charge on any atom is -0.497 e. The summed E-state index contributed by atoms with van der Waals surface area (Å²) in [7, 11) is 1.61. The molecule has 0 bridgehead atoms. The van der Waals surface area contributed by atoms with E-state index >= 15 is 0 Å². The molecule has 6 rings (SSSR count). The Hall–Kier alpha value is -4.45. The monoisotopic (exact) mass is 452 g/mol. The Morgan fingerprint density at radius 3 is 2.88 bits per heavy atom. The Morgan fingerprint density at radius 1 is 1.21 bits per heavy atom. The van der Waals surface area contributed by atoms with Crippen LogP contribution in [0.4, 0.5) is 0 Å². The molecule has 0 saturated heterocycles. The van der Waals surface area contributed by atoms with Crippen molar-refractivity contribution in [3.8, 4) is 11.8 Å². The molecule has 0 amide bonds. The molecular weight excluding hydrogens is 432 g/mol. The van der Waals surface area contributed by atoms with E-state index in [1.54, 1.807) is 13.2 Å². The third-order valence-corrected chi connectivity index (χ3v) is 6.16. The van der Waals surface area contributed by atoms with Crippen LogP contribution in [-0.2, 0) is 13.1 Å². The molecule has 0 atom stereocenters. The number of ether oxygens (including phenoxy) is 1. The van der Waals surface area contributed by atoms with Crippen LogP contribution < -0.4 is 10.3 Å². The lowest BCUT2D eigenvalue weighted by Gasteiger charge is -2.09. The summed E-state index contributed by atoms with van der Waals surface area (Å²) in [6.07, 6.45) is 3.66. The van der Waals surface area contributed by atoms with E-state index < -0.39 is 0 Å². The lowest BCUT2D eigenvalue weighted by Crippen LogP contribution is -2.23. The fourth-order valence-corrected chi connectivity index (χ4v) is 4.29. The number of nitrogens with zero attached hydrogens (tertiary/aromatic N) is 6. The molecule has 9 heteroatoms. The van der Waals surface area contributed by atoms with E-state index in [-0.39, 0.29) is 12.1 Å². The van der Waals surface area contributed by atoms with E-state index in [0.29, 0.717) is 46.5 Å². The zero-order valence-electron chi connectivity index (χ0n) is 18.4. The van der Waals surface area contributed by atoms with Crippen LogP contribution >= 0.6 is 0 Å². The number of hydrogen-bond donors (Lipinski definition) is 0. The van der Waals surface area contributed by atoms with Gasteiger partial charge < -0.3 is 13.8 Å². The van der Waals surface area contributed by atoms with Gasteiger partial charge in [0.15, 0.2) is 5.82 Å². The molecule has 0 unspecified atom stereocenters. The number of nitriles is 1. The maximum absolute atomic E-state index is 13.7. The predicted molar refractivity (Wildman–Crippen MR) is 124 cm³/mol. The second-order valence-corrected chi connectivity index (χ2v) is 8.48. The van der Waals surface area contributed by atoms with Crippen molar-refractivity contribution >= 4 is 21.9 Å². The lowest BCUT2D eigenvalue weighted by molar-refractivity contribution is 0.364. The van der Waals surface area contributed by atoms with Crippen molar-refractivity contribution in [1.82, 2.24) is 24.3 Å². The minimum atomic E-state index is -0.206. The van der Waals surface area contributed by atoms with Crippen molar-refractivity contribution in [3.63, 3.8) is 0 Å². The van der Waals surface area contributed by atoms with Gasteiger partial charge in [-0.3, -0.25) is 9.36 Å². The molecule has 1 saturated carbocycles. The maximum atomic E-state index is 13.7. The summed E-state index contributed by atoms with van der Waals surface area (Å²) in [5.41, 5.74) is 3.19. The topological polar surface area (TPSA) is 112 Å². The summed E-state index contributed by atoms with van der Waals surface area (Å²) >= 11 is 0. The highest BCUT2D eigenvalue weighted by Crippen LogP contribution is 2.38. The van der Waals surface area contributed by atoms with E-state index in [1.807, 2.05) is 41.0 Å². The van der Waals surface area contributed by atoms with Crippen molar-refractivity contribution in [1.29, 1.82) is 5.26 Å². The normalized spacial score (nSPS) is 13.4. The first-order chi connectivity index (χ1) is 16.6. The fourth-order valence-electron chi connectivity index (χ4n) is 4.29. The summed E-state index contributed by atoms with van der Waals surface area (Å²) in [6, 6.07) is 15.2. The average Bonchev–Trinajstić information content (AvgIpc) is 3.54. The molecule has 9 nitrogen and oxygen atoms in total. The smallest absolute Gasteiger partial charge is 0.278 e. The van der Waals surface area contributed by atoms with Gasteiger partial charge in [0, 0.05) is 17.8 Å². The van der Waals surface area contributed by atoms with Crippen molar-refractivity contribution in [2.45, 2.75) is 31.8 Å². The van der Waals surface area contributed by atoms with Crippen molar-refractivity contribution in [3.05, 3.63) is 82.0 Å². The molecule has 168 valence electrons. The van der Waals surface area contributed by atoms with Gasteiger partial charge in [-0.05, 0) is 48.7 Å². The van der Waals surface area contributed by atoms with Gasteiger partial charge in [0.1, 0.15) is 23.3 Å². The number of fused-ring (bicyclic) bond motifs is 3. The minimum absolute atomic E-state index is 0.149. The summed E-state index contributed by atoms with van der Waals surface area (Å²) in [5, 5.41) is 14.2. The number of aromatic nitrogens is 5. The largest absolute Gasteiger partial charge is 0.497 e. The van der Waals surface area contributed by atoms with E-state index in [2.05, 4.69) is 21.2 Å².